The molecule has 0 bridgehead atoms. The minimum absolute atomic E-state index is 0. The number of β-lactam (4-membered cyclic amide) rings is 1. The summed E-state index contributed by atoms with van der Waals surface area (Å²) >= 11 is 5.15. The molecule has 0 aromatic carbocycles. The average molecular weight is 695 g/mol. The lowest BCUT2D eigenvalue weighted by Gasteiger charge is -2.49. The maximum atomic E-state index is 13.1. The van der Waals surface area contributed by atoms with E-state index in [2.05, 4.69) is 25.7 Å². The first-order valence-corrected chi connectivity index (χ1v) is 14.5. The topological polar surface area (TPSA) is 225 Å². The minimum atomic E-state index is -1.22. The maximum absolute atomic E-state index is 13.1. The van der Waals surface area contributed by atoms with Gasteiger partial charge in [0.2, 0.25) is 0 Å². The molecule has 4 rings (SSSR count). The summed E-state index contributed by atoms with van der Waals surface area (Å²) in [7, 11) is 0. The van der Waals surface area contributed by atoms with Gasteiger partial charge in [-0.3, -0.25) is 14.5 Å². The number of thioether (sulfide) groups is 2. The maximum Gasteiger partial charge on any atom is 0.352 e. The summed E-state index contributed by atoms with van der Waals surface area (Å²) in [6.07, 6.45) is 0.532. The molecular weight excluding hydrogens is 669 g/mol. The Morgan fingerprint density at radius 1 is 1.27 bits per heavy atom. The van der Waals surface area contributed by atoms with Gasteiger partial charge in [0.05, 0.1) is 0 Å². The van der Waals surface area contributed by atoms with Gasteiger partial charge in [0.25, 0.3) is 11.8 Å². The number of carboxylic acid groups (broad SMARTS) is 1. The Kier molecular flexibility index (Phi) is 14.9. The van der Waals surface area contributed by atoms with Gasteiger partial charge in [0, 0.05) is 23.4 Å². The number of carbonyl (C=O) groups is 3. The summed E-state index contributed by atoms with van der Waals surface area (Å²) in [5.41, 5.74) is 17.3. The molecule has 2 atom stereocenters. The monoisotopic (exact) mass is 693 g/mol. The highest BCUT2D eigenvalue weighted by Gasteiger charge is 2.54. The molecule has 21 heteroatoms. The molecule has 2 aromatic heterocycles. The van der Waals surface area contributed by atoms with Crippen molar-refractivity contribution in [1.29, 1.82) is 0 Å². The van der Waals surface area contributed by atoms with Crippen molar-refractivity contribution in [3.63, 3.8) is 0 Å². The summed E-state index contributed by atoms with van der Waals surface area (Å²) in [4.78, 5) is 48.6. The highest BCUT2D eigenvalue weighted by Crippen LogP contribution is 2.41. The standard InChI is InChI=1S/C19H23N9O5S4.3ClH/c20-2-1-3-33-27-11(9-7-35-18(22)23-9)14(29)24-12-15(30)28-13(17(31)32)8(5-34-16(12)28)6-36-19-26-25-10(4-21)37-19;;;/h7,12,16H,1-6,20-21H2,(H2,22,23)(H,24,29)(H,31,32);3*1H/t12?,16-;;;/m0.../s1. The Morgan fingerprint density at radius 3 is 2.62 bits per heavy atom. The van der Waals surface area contributed by atoms with E-state index < -0.39 is 29.2 Å². The van der Waals surface area contributed by atoms with E-state index in [4.69, 9.17) is 22.0 Å². The van der Waals surface area contributed by atoms with Crippen molar-refractivity contribution in [3.8, 4) is 0 Å². The first kappa shape index (κ1) is 36.1. The molecule has 1 unspecified atom stereocenters. The van der Waals surface area contributed by atoms with Crippen LogP contribution in [0.5, 0.6) is 0 Å². The van der Waals surface area contributed by atoms with Crippen LogP contribution >= 0.6 is 83.4 Å². The lowest BCUT2D eigenvalue weighted by molar-refractivity contribution is -0.150. The molecule has 14 nitrogen and oxygen atoms in total. The number of thiazole rings is 1. The third kappa shape index (κ3) is 8.10. The number of halogens is 3. The van der Waals surface area contributed by atoms with Gasteiger partial charge >= 0.3 is 5.97 Å². The second-order valence-corrected chi connectivity index (χ2v) is 11.8. The molecule has 2 aliphatic heterocycles. The normalized spacial score (nSPS) is 18.0. The fraction of sp³-hybridized carbons (Fsp3) is 0.421. The molecule has 40 heavy (non-hydrogen) atoms. The molecule has 2 aromatic rings. The quantitative estimate of drug-likeness (QED) is 0.0685. The van der Waals surface area contributed by atoms with E-state index in [1.54, 1.807) is 5.38 Å². The number of nitrogens with two attached hydrogens (primary N) is 3. The van der Waals surface area contributed by atoms with Gasteiger partial charge in [-0.25, -0.2) is 9.78 Å². The third-order valence-electron chi connectivity index (χ3n) is 5.10. The van der Waals surface area contributed by atoms with E-state index in [-0.39, 0.29) is 72.6 Å². The Morgan fingerprint density at radius 2 is 2.02 bits per heavy atom. The Labute approximate surface area is 263 Å². The van der Waals surface area contributed by atoms with Gasteiger partial charge in [-0.05, 0) is 18.5 Å². The second-order valence-electron chi connectivity index (χ2n) is 7.56. The van der Waals surface area contributed by atoms with Gasteiger partial charge in [-0.15, -0.1) is 70.5 Å². The van der Waals surface area contributed by atoms with E-state index in [0.29, 0.717) is 39.4 Å². The van der Waals surface area contributed by atoms with E-state index in [1.807, 2.05) is 0 Å². The van der Waals surface area contributed by atoms with Crippen LogP contribution in [-0.4, -0.2) is 84.8 Å². The van der Waals surface area contributed by atoms with Gasteiger partial charge in [0.15, 0.2) is 15.2 Å². The van der Waals surface area contributed by atoms with Crippen molar-refractivity contribution < 1.29 is 24.3 Å². The van der Waals surface area contributed by atoms with Gasteiger partial charge in [-0.2, -0.15) is 0 Å². The summed E-state index contributed by atoms with van der Waals surface area (Å²) in [5.74, 6) is -1.75. The van der Waals surface area contributed by atoms with Crippen LogP contribution in [0.3, 0.4) is 0 Å². The molecule has 2 aliphatic rings. The number of hydrogen-bond acceptors (Lipinski definition) is 15. The highest BCUT2D eigenvalue weighted by atomic mass is 35.5. The lowest BCUT2D eigenvalue weighted by atomic mass is 10.0. The predicted octanol–water partition coefficient (Wildman–Crippen LogP) is 0.901. The first-order valence-electron chi connectivity index (χ1n) is 10.8. The van der Waals surface area contributed by atoms with Crippen LogP contribution in [0.4, 0.5) is 5.13 Å². The summed E-state index contributed by atoms with van der Waals surface area (Å²) in [6.45, 7) is 0.859. The van der Waals surface area contributed by atoms with E-state index in [1.165, 1.54) is 39.8 Å². The molecule has 0 radical (unpaired) electrons. The fourth-order valence-electron chi connectivity index (χ4n) is 3.39. The number of carboxylic acids is 1. The molecule has 2 amide bonds. The zero-order chi connectivity index (χ0) is 26.5. The number of aromatic nitrogens is 3. The van der Waals surface area contributed by atoms with Crippen LogP contribution in [0.2, 0.25) is 0 Å². The summed E-state index contributed by atoms with van der Waals surface area (Å²) in [5, 5.41) is 26.3. The van der Waals surface area contributed by atoms with Crippen molar-refractivity contribution in [3.05, 3.63) is 27.4 Å². The largest absolute Gasteiger partial charge is 0.477 e. The average Bonchev–Trinajstić information content (AvgIpc) is 3.53. The SMILES string of the molecule is Cl.Cl.Cl.NCCCON=C(C(=O)NC1C(=O)N2C(C(=O)O)=C(CSc3nnc(CN)s3)CS[C@@H]12)c1csc(N)n1. The molecule has 0 saturated carbocycles. The molecule has 1 saturated heterocycles. The number of nitrogen functional groups attached to an aromatic ring is 1. The molecule has 8 N–H and O–H groups in total. The second kappa shape index (κ2) is 16.5. The molecule has 0 spiro atoms. The fourth-order valence-corrected chi connectivity index (χ4v) is 7.20. The number of hydrogen-bond donors (Lipinski definition) is 5. The Bertz CT molecular complexity index is 1260. The zero-order valence-electron chi connectivity index (χ0n) is 20.4. The third-order valence-corrected chi connectivity index (χ3v) is 9.28. The zero-order valence-corrected chi connectivity index (χ0v) is 26.1. The van der Waals surface area contributed by atoms with Gasteiger partial charge < -0.3 is 32.5 Å². The molecule has 0 aliphatic carbocycles. The number of nitrogens with zero attached hydrogens (tertiary/aromatic N) is 5. The van der Waals surface area contributed by atoms with Crippen LogP contribution in [0.25, 0.3) is 0 Å². The van der Waals surface area contributed by atoms with Crippen LogP contribution in [-0.2, 0) is 25.8 Å². The number of rotatable bonds is 12. The summed E-state index contributed by atoms with van der Waals surface area (Å²) in [6, 6.07) is -0.943. The number of oxime groups is 1. The van der Waals surface area contributed by atoms with Crippen LogP contribution in [0, 0.1) is 0 Å². The van der Waals surface area contributed by atoms with Gasteiger partial charge in [0.1, 0.15) is 34.4 Å². The van der Waals surface area contributed by atoms with Crippen molar-refractivity contribution in [2.75, 3.05) is 30.4 Å². The highest BCUT2D eigenvalue weighted by molar-refractivity contribution is 8.01. The molecule has 4 heterocycles. The lowest BCUT2D eigenvalue weighted by Crippen LogP contribution is -2.71. The smallest absolute Gasteiger partial charge is 0.352 e. The number of nitrogens with one attached hydrogen (secondary N) is 1. The van der Waals surface area contributed by atoms with Crippen molar-refractivity contribution in [2.45, 2.75) is 28.7 Å². The van der Waals surface area contributed by atoms with Gasteiger partial charge in [-0.1, -0.05) is 28.3 Å². The van der Waals surface area contributed by atoms with Crippen LogP contribution in [0.15, 0.2) is 26.1 Å². The Hall–Kier alpha value is -1.90. The number of fused-ring (bicyclic) bond motifs is 1. The number of carbonyl (C=O) groups excluding carboxylic acids is 2. The van der Waals surface area contributed by atoms with Crippen LogP contribution < -0.4 is 22.5 Å². The minimum Gasteiger partial charge on any atom is -0.477 e. The van der Waals surface area contributed by atoms with E-state index in [0.717, 1.165) is 11.3 Å². The summed E-state index contributed by atoms with van der Waals surface area (Å²) < 4.78 is 0.660. The van der Waals surface area contributed by atoms with Crippen molar-refractivity contribution >= 4 is 112 Å². The number of anilines is 1. The van der Waals surface area contributed by atoms with Crippen molar-refractivity contribution in [2.24, 2.45) is 16.6 Å². The predicted molar refractivity (Wildman–Crippen MR) is 163 cm³/mol. The number of aliphatic carboxylic acids is 1. The molecular formula is C19H26Cl3N9O5S4. The molecule has 1 fully saturated rings. The molecule has 222 valence electrons. The Balaban J connectivity index is 0.00000267. The van der Waals surface area contributed by atoms with E-state index in [9.17, 15) is 19.5 Å². The van der Waals surface area contributed by atoms with E-state index >= 15 is 0 Å². The van der Waals surface area contributed by atoms with Crippen LogP contribution in [0.1, 0.15) is 17.1 Å². The van der Waals surface area contributed by atoms with Crippen molar-refractivity contribution in [1.82, 2.24) is 25.4 Å². The first-order chi connectivity index (χ1) is 17.8. The number of amides is 2.